The monoisotopic (exact) mass is 257 g/mol. The van der Waals surface area contributed by atoms with Gasteiger partial charge in [0.1, 0.15) is 24.0 Å². The van der Waals surface area contributed by atoms with Gasteiger partial charge in [-0.15, -0.1) is 5.10 Å². The van der Waals surface area contributed by atoms with Gasteiger partial charge in [-0.3, -0.25) is 0 Å². The Balaban J connectivity index is 1.88. The molecule has 0 aliphatic heterocycles. The van der Waals surface area contributed by atoms with Crippen LogP contribution in [0.4, 0.5) is 0 Å². The van der Waals surface area contributed by atoms with Gasteiger partial charge in [0.2, 0.25) is 5.89 Å². The molecular formula is C12H11N5O2. The van der Waals surface area contributed by atoms with Gasteiger partial charge in [-0.25, -0.2) is 9.67 Å². The molecule has 3 rings (SSSR count). The summed E-state index contributed by atoms with van der Waals surface area (Å²) in [6, 6.07) is 7.56. The highest BCUT2D eigenvalue weighted by Crippen LogP contribution is 2.28. The molecule has 0 saturated carbocycles. The summed E-state index contributed by atoms with van der Waals surface area (Å²) < 4.78 is 12.3. The number of methoxy groups -OCH3 is 1. The van der Waals surface area contributed by atoms with Gasteiger partial charge < -0.3 is 9.15 Å². The summed E-state index contributed by atoms with van der Waals surface area (Å²) in [7, 11) is 1.61. The molecule has 2 heterocycles. The van der Waals surface area contributed by atoms with Crippen molar-refractivity contribution in [2.24, 2.45) is 0 Å². The Morgan fingerprint density at radius 1 is 1.32 bits per heavy atom. The smallest absolute Gasteiger partial charge is 0.229 e. The fourth-order valence-corrected chi connectivity index (χ4v) is 1.74. The molecule has 3 aromatic rings. The number of aromatic nitrogens is 5. The molecule has 19 heavy (non-hydrogen) atoms. The second-order valence-corrected chi connectivity index (χ2v) is 3.85. The summed E-state index contributed by atoms with van der Waals surface area (Å²) in [5, 5.41) is 10.9. The maximum atomic E-state index is 5.47. The molecule has 0 saturated heterocycles. The third kappa shape index (κ3) is 2.30. The number of tetrazole rings is 1. The van der Waals surface area contributed by atoms with Gasteiger partial charge in [0.15, 0.2) is 0 Å². The highest BCUT2D eigenvalue weighted by atomic mass is 16.5. The molecule has 0 bridgehead atoms. The minimum absolute atomic E-state index is 0.464. The van der Waals surface area contributed by atoms with Crippen molar-refractivity contribution in [3.05, 3.63) is 42.5 Å². The van der Waals surface area contributed by atoms with E-state index in [4.69, 9.17) is 9.15 Å². The molecule has 0 aliphatic rings. The van der Waals surface area contributed by atoms with Crippen LogP contribution in [-0.2, 0) is 6.54 Å². The summed E-state index contributed by atoms with van der Waals surface area (Å²) in [6.45, 7) is 0.464. The first-order valence-corrected chi connectivity index (χ1v) is 5.65. The Labute approximate surface area is 108 Å². The Hall–Kier alpha value is -2.70. The lowest BCUT2D eigenvalue weighted by atomic mass is 10.2. The lowest BCUT2D eigenvalue weighted by Crippen LogP contribution is -2.00. The van der Waals surface area contributed by atoms with E-state index in [-0.39, 0.29) is 0 Å². The fourth-order valence-electron chi connectivity index (χ4n) is 1.74. The van der Waals surface area contributed by atoms with E-state index in [0.717, 1.165) is 17.0 Å². The predicted octanol–water partition coefficient (Wildman–Crippen LogP) is 1.38. The van der Waals surface area contributed by atoms with Crippen LogP contribution in [0.5, 0.6) is 5.75 Å². The number of nitrogens with zero attached hydrogens (tertiary/aromatic N) is 5. The van der Waals surface area contributed by atoms with Crippen LogP contribution in [0.3, 0.4) is 0 Å². The highest BCUT2D eigenvalue weighted by Gasteiger charge is 2.11. The van der Waals surface area contributed by atoms with Crippen LogP contribution in [0.2, 0.25) is 0 Å². The van der Waals surface area contributed by atoms with Crippen molar-refractivity contribution in [1.82, 2.24) is 25.2 Å². The van der Waals surface area contributed by atoms with Crippen LogP contribution in [0.15, 0.2) is 41.3 Å². The Morgan fingerprint density at radius 3 is 3.00 bits per heavy atom. The van der Waals surface area contributed by atoms with Crippen molar-refractivity contribution < 1.29 is 9.15 Å². The zero-order valence-electron chi connectivity index (χ0n) is 10.2. The molecule has 0 aliphatic carbocycles. The van der Waals surface area contributed by atoms with Gasteiger partial charge in [-0.1, -0.05) is 12.1 Å². The van der Waals surface area contributed by atoms with E-state index in [9.17, 15) is 0 Å². The van der Waals surface area contributed by atoms with E-state index in [1.807, 2.05) is 24.3 Å². The molecule has 2 aromatic heterocycles. The molecule has 0 fully saturated rings. The molecule has 0 amide bonds. The zero-order valence-corrected chi connectivity index (χ0v) is 10.2. The quantitative estimate of drug-likeness (QED) is 0.702. The maximum absolute atomic E-state index is 5.47. The Bertz CT molecular complexity index is 662. The summed E-state index contributed by atoms with van der Waals surface area (Å²) in [6.07, 6.45) is 3.11. The average Bonchev–Trinajstić information content (AvgIpc) is 3.11. The SMILES string of the molecule is COc1ccccc1-c1nc(Cn2cnnn2)co1. The van der Waals surface area contributed by atoms with Gasteiger partial charge in [0.05, 0.1) is 19.2 Å². The average molecular weight is 257 g/mol. The van der Waals surface area contributed by atoms with Crippen LogP contribution in [0.25, 0.3) is 11.5 Å². The molecule has 1 aromatic carbocycles. The maximum Gasteiger partial charge on any atom is 0.229 e. The number of rotatable bonds is 4. The lowest BCUT2D eigenvalue weighted by molar-refractivity contribution is 0.414. The molecule has 0 radical (unpaired) electrons. The largest absolute Gasteiger partial charge is 0.496 e. The molecule has 0 atom stereocenters. The van der Waals surface area contributed by atoms with Crippen molar-refractivity contribution >= 4 is 0 Å². The predicted molar refractivity (Wildman–Crippen MR) is 65.4 cm³/mol. The molecule has 0 N–H and O–H groups in total. The van der Waals surface area contributed by atoms with Crippen molar-refractivity contribution in [1.29, 1.82) is 0 Å². The second kappa shape index (κ2) is 4.89. The number of hydrogen-bond acceptors (Lipinski definition) is 6. The van der Waals surface area contributed by atoms with E-state index < -0.39 is 0 Å². The minimum atomic E-state index is 0.464. The molecule has 7 nitrogen and oxygen atoms in total. The topological polar surface area (TPSA) is 78.9 Å². The fraction of sp³-hybridized carbons (Fsp3) is 0.167. The van der Waals surface area contributed by atoms with Crippen molar-refractivity contribution in [2.45, 2.75) is 6.54 Å². The third-order valence-corrected chi connectivity index (χ3v) is 2.60. The standard InChI is InChI=1S/C12H11N5O2/c1-18-11-5-3-2-4-10(11)12-14-9(7-19-12)6-17-8-13-15-16-17/h2-5,7-8H,6H2,1H3. The van der Waals surface area contributed by atoms with Gasteiger partial charge in [0, 0.05) is 0 Å². The number of oxazole rings is 1. The van der Waals surface area contributed by atoms with Gasteiger partial charge in [0.25, 0.3) is 0 Å². The lowest BCUT2D eigenvalue weighted by Gasteiger charge is -2.03. The highest BCUT2D eigenvalue weighted by molar-refractivity contribution is 5.62. The van der Waals surface area contributed by atoms with Crippen molar-refractivity contribution in [2.75, 3.05) is 7.11 Å². The molecular weight excluding hydrogens is 246 g/mol. The zero-order chi connectivity index (χ0) is 13.1. The van der Waals surface area contributed by atoms with E-state index in [0.29, 0.717) is 12.4 Å². The summed E-state index contributed by atoms with van der Waals surface area (Å²) in [4.78, 5) is 4.40. The van der Waals surface area contributed by atoms with E-state index in [1.54, 1.807) is 18.1 Å². The van der Waals surface area contributed by atoms with E-state index in [2.05, 4.69) is 20.5 Å². The first-order chi connectivity index (χ1) is 9.36. The van der Waals surface area contributed by atoms with Crippen LogP contribution in [0.1, 0.15) is 5.69 Å². The Kier molecular flexibility index (Phi) is 2.93. The van der Waals surface area contributed by atoms with E-state index in [1.165, 1.54) is 6.33 Å². The normalized spacial score (nSPS) is 10.6. The number of hydrogen-bond donors (Lipinski definition) is 0. The number of para-hydroxylation sites is 1. The third-order valence-electron chi connectivity index (χ3n) is 2.60. The molecule has 0 spiro atoms. The van der Waals surface area contributed by atoms with Gasteiger partial charge in [-0.05, 0) is 22.6 Å². The summed E-state index contributed by atoms with van der Waals surface area (Å²) >= 11 is 0. The number of ether oxygens (including phenoxy) is 1. The van der Waals surface area contributed by atoms with Gasteiger partial charge >= 0.3 is 0 Å². The molecule has 0 unspecified atom stereocenters. The van der Waals surface area contributed by atoms with Crippen molar-refractivity contribution in [3.8, 4) is 17.2 Å². The van der Waals surface area contributed by atoms with Crippen LogP contribution >= 0.6 is 0 Å². The summed E-state index contributed by atoms with van der Waals surface area (Å²) in [5.41, 5.74) is 1.56. The molecule has 96 valence electrons. The second-order valence-electron chi connectivity index (χ2n) is 3.85. The van der Waals surface area contributed by atoms with Crippen LogP contribution in [0, 0.1) is 0 Å². The summed E-state index contributed by atoms with van der Waals surface area (Å²) in [5.74, 6) is 1.24. The van der Waals surface area contributed by atoms with Crippen LogP contribution in [-0.4, -0.2) is 32.3 Å². The first-order valence-electron chi connectivity index (χ1n) is 5.65. The Morgan fingerprint density at radius 2 is 2.21 bits per heavy atom. The number of benzene rings is 1. The minimum Gasteiger partial charge on any atom is -0.496 e. The van der Waals surface area contributed by atoms with E-state index >= 15 is 0 Å². The first kappa shape index (κ1) is 11.4. The van der Waals surface area contributed by atoms with Gasteiger partial charge in [-0.2, -0.15) is 0 Å². The van der Waals surface area contributed by atoms with Crippen LogP contribution < -0.4 is 4.74 Å². The van der Waals surface area contributed by atoms with Crippen molar-refractivity contribution in [3.63, 3.8) is 0 Å². The molecule has 7 heteroatoms.